The summed E-state index contributed by atoms with van der Waals surface area (Å²) in [6.07, 6.45) is 0.928. The zero-order valence-corrected chi connectivity index (χ0v) is 9.46. The van der Waals surface area contributed by atoms with Crippen LogP contribution in [-0.4, -0.2) is 18.9 Å². The highest BCUT2D eigenvalue weighted by Gasteiger charge is 2.21. The molecule has 1 aliphatic rings. The maximum atomic E-state index is 4.58. The van der Waals surface area contributed by atoms with E-state index in [2.05, 4.69) is 48.4 Å². The van der Waals surface area contributed by atoms with Gasteiger partial charge in [0.05, 0.1) is 0 Å². The minimum atomic E-state index is 0.306. The number of benzene rings is 1. The van der Waals surface area contributed by atoms with Crippen molar-refractivity contribution in [3.05, 3.63) is 35.9 Å². The first-order chi connectivity index (χ1) is 7.16. The molecular weight excluding hydrogens is 184 g/mol. The number of nitrogens with zero attached hydrogens (tertiary/aromatic N) is 1. The summed E-state index contributed by atoms with van der Waals surface area (Å²) in [4.78, 5) is 4.58. The van der Waals surface area contributed by atoms with Gasteiger partial charge >= 0.3 is 0 Å². The van der Waals surface area contributed by atoms with Crippen molar-refractivity contribution in [3.63, 3.8) is 0 Å². The van der Waals surface area contributed by atoms with E-state index in [1.54, 1.807) is 0 Å². The second-order valence-corrected chi connectivity index (χ2v) is 4.94. The van der Waals surface area contributed by atoms with Crippen LogP contribution in [0.5, 0.6) is 0 Å². The molecular formula is C13H18N2. The second kappa shape index (κ2) is 4.05. The van der Waals surface area contributed by atoms with Crippen LogP contribution in [0.4, 0.5) is 0 Å². The van der Waals surface area contributed by atoms with E-state index in [9.17, 15) is 0 Å². The third-order valence-electron chi connectivity index (χ3n) is 2.68. The maximum Gasteiger partial charge on any atom is 0.101 e. The van der Waals surface area contributed by atoms with Crippen molar-refractivity contribution in [1.29, 1.82) is 0 Å². The molecule has 1 aromatic carbocycles. The molecule has 0 aromatic heterocycles. The lowest BCUT2D eigenvalue weighted by Gasteiger charge is -2.29. The second-order valence-electron chi connectivity index (χ2n) is 4.94. The van der Waals surface area contributed by atoms with E-state index >= 15 is 0 Å². The van der Waals surface area contributed by atoms with Crippen molar-refractivity contribution in [3.8, 4) is 0 Å². The highest BCUT2D eigenvalue weighted by Crippen LogP contribution is 2.17. The highest BCUT2D eigenvalue weighted by atomic mass is 15.0. The lowest BCUT2D eigenvalue weighted by molar-refractivity contribution is 0.360. The monoisotopic (exact) mass is 202 g/mol. The topological polar surface area (TPSA) is 24.4 Å². The van der Waals surface area contributed by atoms with Gasteiger partial charge in [-0.3, -0.25) is 4.99 Å². The normalized spacial score (nSPS) is 19.2. The molecule has 80 valence electrons. The van der Waals surface area contributed by atoms with E-state index in [0.29, 0.717) is 5.41 Å². The van der Waals surface area contributed by atoms with Crippen LogP contribution in [0, 0.1) is 5.41 Å². The van der Waals surface area contributed by atoms with E-state index in [-0.39, 0.29) is 0 Å². The lowest BCUT2D eigenvalue weighted by atomic mass is 9.92. The zero-order chi connectivity index (χ0) is 10.7. The Labute approximate surface area is 91.4 Å². The highest BCUT2D eigenvalue weighted by molar-refractivity contribution is 5.85. The summed E-state index contributed by atoms with van der Waals surface area (Å²) >= 11 is 0. The van der Waals surface area contributed by atoms with Gasteiger partial charge in [0, 0.05) is 24.9 Å². The van der Waals surface area contributed by atoms with Crippen molar-refractivity contribution in [2.45, 2.75) is 20.3 Å². The molecule has 0 bridgehead atoms. The fraction of sp³-hybridized carbons (Fsp3) is 0.462. The molecule has 0 saturated heterocycles. The number of hydrogen-bond donors (Lipinski definition) is 1. The van der Waals surface area contributed by atoms with Gasteiger partial charge in [0.1, 0.15) is 5.84 Å². The van der Waals surface area contributed by atoms with Gasteiger partial charge < -0.3 is 5.32 Å². The number of aliphatic imine (C=N–C) groups is 1. The molecule has 0 aliphatic carbocycles. The van der Waals surface area contributed by atoms with E-state index in [0.717, 1.165) is 25.3 Å². The van der Waals surface area contributed by atoms with Crippen LogP contribution in [0.2, 0.25) is 0 Å². The Morgan fingerprint density at radius 2 is 2.00 bits per heavy atom. The first kappa shape index (κ1) is 10.2. The van der Waals surface area contributed by atoms with E-state index in [1.807, 2.05) is 6.07 Å². The smallest absolute Gasteiger partial charge is 0.101 e. The summed E-state index contributed by atoms with van der Waals surface area (Å²) < 4.78 is 0. The summed E-state index contributed by atoms with van der Waals surface area (Å²) in [7, 11) is 0. The molecule has 0 saturated carbocycles. The molecule has 0 fully saturated rings. The molecule has 2 heteroatoms. The molecule has 2 rings (SSSR count). The number of rotatable bonds is 2. The first-order valence-corrected chi connectivity index (χ1v) is 5.47. The first-order valence-electron chi connectivity index (χ1n) is 5.47. The molecule has 1 heterocycles. The summed E-state index contributed by atoms with van der Waals surface area (Å²) in [5.74, 6) is 1.13. The van der Waals surface area contributed by atoms with Crippen LogP contribution in [0.3, 0.4) is 0 Å². The van der Waals surface area contributed by atoms with Crippen LogP contribution < -0.4 is 5.32 Å². The predicted molar refractivity (Wildman–Crippen MR) is 64.2 cm³/mol. The minimum Gasteiger partial charge on any atom is -0.373 e. The zero-order valence-electron chi connectivity index (χ0n) is 9.46. The average molecular weight is 202 g/mol. The van der Waals surface area contributed by atoms with Crippen LogP contribution >= 0.6 is 0 Å². The molecule has 15 heavy (non-hydrogen) atoms. The molecule has 0 unspecified atom stereocenters. The van der Waals surface area contributed by atoms with Crippen molar-refractivity contribution in [1.82, 2.24) is 5.32 Å². The van der Waals surface area contributed by atoms with Gasteiger partial charge in [-0.05, 0) is 5.56 Å². The molecule has 2 nitrogen and oxygen atoms in total. The van der Waals surface area contributed by atoms with Gasteiger partial charge in [0.25, 0.3) is 0 Å². The molecule has 0 spiro atoms. The van der Waals surface area contributed by atoms with Crippen molar-refractivity contribution < 1.29 is 0 Å². The van der Waals surface area contributed by atoms with Gasteiger partial charge in [-0.1, -0.05) is 44.2 Å². The molecule has 0 radical (unpaired) electrons. The SMILES string of the molecule is CC1(C)CN=C(Cc2ccccc2)NC1. The van der Waals surface area contributed by atoms with Gasteiger partial charge in [0.2, 0.25) is 0 Å². The minimum absolute atomic E-state index is 0.306. The van der Waals surface area contributed by atoms with Gasteiger partial charge in [-0.25, -0.2) is 0 Å². The third-order valence-corrected chi connectivity index (χ3v) is 2.68. The van der Waals surface area contributed by atoms with Crippen LogP contribution in [0.25, 0.3) is 0 Å². The summed E-state index contributed by atoms with van der Waals surface area (Å²) in [6, 6.07) is 10.5. The quantitative estimate of drug-likeness (QED) is 0.781. The van der Waals surface area contributed by atoms with Crippen LogP contribution in [0.1, 0.15) is 19.4 Å². The molecule has 0 amide bonds. The number of amidine groups is 1. The van der Waals surface area contributed by atoms with Crippen molar-refractivity contribution >= 4 is 5.84 Å². The molecule has 1 N–H and O–H groups in total. The Hall–Kier alpha value is -1.31. The standard InChI is InChI=1S/C13H18N2/c1-13(2)9-14-12(15-10-13)8-11-6-4-3-5-7-11/h3-7H,8-10H2,1-2H3,(H,14,15). The average Bonchev–Trinajstić information content (AvgIpc) is 2.23. The fourth-order valence-corrected chi connectivity index (χ4v) is 1.67. The largest absolute Gasteiger partial charge is 0.373 e. The van der Waals surface area contributed by atoms with E-state index in [1.165, 1.54) is 5.56 Å². The maximum absolute atomic E-state index is 4.58. The third kappa shape index (κ3) is 2.82. The lowest BCUT2D eigenvalue weighted by Crippen LogP contribution is -2.41. The van der Waals surface area contributed by atoms with Crippen LogP contribution in [0.15, 0.2) is 35.3 Å². The van der Waals surface area contributed by atoms with Crippen molar-refractivity contribution in [2.75, 3.05) is 13.1 Å². The summed E-state index contributed by atoms with van der Waals surface area (Å²) in [5.41, 5.74) is 1.63. The van der Waals surface area contributed by atoms with E-state index < -0.39 is 0 Å². The molecule has 0 atom stereocenters. The van der Waals surface area contributed by atoms with Gasteiger partial charge in [0.15, 0.2) is 0 Å². The Balaban J connectivity index is 2.00. The number of hydrogen-bond acceptors (Lipinski definition) is 2. The Kier molecular flexibility index (Phi) is 2.76. The summed E-state index contributed by atoms with van der Waals surface area (Å²) in [5, 5.41) is 3.41. The molecule has 1 aliphatic heterocycles. The van der Waals surface area contributed by atoms with Crippen molar-refractivity contribution in [2.24, 2.45) is 10.4 Å². The van der Waals surface area contributed by atoms with Gasteiger partial charge in [-0.15, -0.1) is 0 Å². The Morgan fingerprint density at radius 1 is 1.27 bits per heavy atom. The Morgan fingerprint density at radius 3 is 2.60 bits per heavy atom. The fourth-order valence-electron chi connectivity index (χ4n) is 1.67. The van der Waals surface area contributed by atoms with E-state index in [4.69, 9.17) is 0 Å². The Bertz CT molecular complexity index is 352. The van der Waals surface area contributed by atoms with Gasteiger partial charge in [-0.2, -0.15) is 0 Å². The predicted octanol–water partition coefficient (Wildman–Crippen LogP) is 2.26. The summed E-state index contributed by atoms with van der Waals surface area (Å²) in [6.45, 7) is 6.44. The van der Waals surface area contributed by atoms with Crippen LogP contribution in [-0.2, 0) is 6.42 Å². The molecule has 1 aromatic rings. The number of nitrogens with one attached hydrogen (secondary N) is 1.